The van der Waals surface area contributed by atoms with E-state index in [0.29, 0.717) is 10.6 Å². The van der Waals surface area contributed by atoms with E-state index in [1.165, 1.54) is 0 Å². The van der Waals surface area contributed by atoms with Crippen LogP contribution in [-0.2, 0) is 0 Å². The molecule has 0 saturated heterocycles. The predicted molar refractivity (Wildman–Crippen MR) is 116 cm³/mol. The normalized spacial score (nSPS) is 10.9. The first kappa shape index (κ1) is 18.7. The summed E-state index contributed by atoms with van der Waals surface area (Å²) in [7, 11) is 0. The first-order valence-electron chi connectivity index (χ1n) is 9.00. The van der Waals surface area contributed by atoms with Crippen LogP contribution in [-0.4, -0.2) is 21.9 Å². The highest BCUT2D eigenvalue weighted by atomic mass is 35.5. The molecule has 0 spiro atoms. The van der Waals surface area contributed by atoms with Crippen molar-refractivity contribution in [2.75, 3.05) is 0 Å². The molecule has 0 bridgehead atoms. The minimum Gasteiger partial charge on any atom is -0.267 e. The molecule has 0 unspecified atom stereocenters. The van der Waals surface area contributed by atoms with E-state index in [4.69, 9.17) is 16.7 Å². The Hall–Kier alpha value is -3.70. The van der Waals surface area contributed by atoms with Crippen LogP contribution in [0, 0.1) is 0 Å². The van der Waals surface area contributed by atoms with Crippen LogP contribution in [0.25, 0.3) is 16.9 Å². The molecule has 0 fully saturated rings. The number of amides is 1. The molecule has 5 nitrogen and oxygen atoms in total. The van der Waals surface area contributed by atoms with Crippen molar-refractivity contribution in [3.8, 4) is 16.9 Å². The number of nitrogens with zero attached hydrogens (tertiary/aromatic N) is 3. The fourth-order valence-electron chi connectivity index (χ4n) is 2.84. The van der Waals surface area contributed by atoms with Crippen LogP contribution in [0.3, 0.4) is 0 Å². The van der Waals surface area contributed by atoms with Crippen LogP contribution < -0.4 is 5.43 Å². The highest BCUT2D eigenvalue weighted by molar-refractivity contribution is 6.30. The van der Waals surface area contributed by atoms with Gasteiger partial charge in [0.2, 0.25) is 0 Å². The number of benzene rings is 3. The molecular formula is C23H17ClN4O. The van der Waals surface area contributed by atoms with E-state index in [9.17, 15) is 4.79 Å². The van der Waals surface area contributed by atoms with Gasteiger partial charge in [-0.05, 0) is 36.4 Å². The topological polar surface area (TPSA) is 59.3 Å². The SMILES string of the molecule is O=C(N/N=C/c1cn(-c2ccccc2)nc1-c1ccccc1)c1ccc(Cl)cc1. The van der Waals surface area contributed by atoms with Gasteiger partial charge in [-0.1, -0.05) is 60.1 Å². The molecule has 0 saturated carbocycles. The Morgan fingerprint density at radius 2 is 1.59 bits per heavy atom. The lowest BCUT2D eigenvalue weighted by Gasteiger charge is -2.00. The molecule has 0 aliphatic rings. The molecule has 4 rings (SSSR count). The van der Waals surface area contributed by atoms with Crippen molar-refractivity contribution >= 4 is 23.7 Å². The van der Waals surface area contributed by atoms with Crippen LogP contribution in [0.4, 0.5) is 0 Å². The van der Waals surface area contributed by atoms with Gasteiger partial charge in [0.05, 0.1) is 11.9 Å². The lowest BCUT2D eigenvalue weighted by Crippen LogP contribution is -2.17. The first-order valence-corrected chi connectivity index (χ1v) is 9.38. The average Bonchev–Trinajstić information content (AvgIpc) is 3.19. The van der Waals surface area contributed by atoms with E-state index < -0.39 is 0 Å². The zero-order valence-electron chi connectivity index (χ0n) is 15.4. The lowest BCUT2D eigenvalue weighted by atomic mass is 10.1. The molecule has 142 valence electrons. The maximum atomic E-state index is 12.2. The number of aromatic nitrogens is 2. The summed E-state index contributed by atoms with van der Waals surface area (Å²) in [6.07, 6.45) is 3.48. The van der Waals surface area contributed by atoms with Crippen molar-refractivity contribution < 1.29 is 4.79 Å². The van der Waals surface area contributed by atoms with Gasteiger partial charge in [-0.25, -0.2) is 10.1 Å². The van der Waals surface area contributed by atoms with Crippen molar-refractivity contribution in [1.29, 1.82) is 0 Å². The van der Waals surface area contributed by atoms with Crippen molar-refractivity contribution in [3.05, 3.63) is 107 Å². The fraction of sp³-hybridized carbons (Fsp3) is 0. The molecule has 1 aromatic heterocycles. The molecule has 3 aromatic carbocycles. The highest BCUT2D eigenvalue weighted by Crippen LogP contribution is 2.22. The number of para-hydroxylation sites is 1. The first-order chi connectivity index (χ1) is 14.2. The number of hydrogen-bond acceptors (Lipinski definition) is 3. The summed E-state index contributed by atoms with van der Waals surface area (Å²) in [5, 5.41) is 9.41. The smallest absolute Gasteiger partial charge is 0.267 e. The van der Waals surface area contributed by atoms with Crippen molar-refractivity contribution in [2.24, 2.45) is 5.10 Å². The Bertz CT molecular complexity index is 1140. The molecule has 0 aliphatic heterocycles. The Labute approximate surface area is 173 Å². The van der Waals surface area contributed by atoms with Gasteiger partial charge >= 0.3 is 0 Å². The van der Waals surface area contributed by atoms with Crippen molar-refractivity contribution in [2.45, 2.75) is 0 Å². The molecule has 1 heterocycles. The Morgan fingerprint density at radius 1 is 0.931 bits per heavy atom. The Balaban J connectivity index is 1.61. The number of rotatable bonds is 5. The third-order valence-corrected chi connectivity index (χ3v) is 4.54. The largest absolute Gasteiger partial charge is 0.271 e. The third kappa shape index (κ3) is 4.42. The second kappa shape index (κ2) is 8.54. The van der Waals surface area contributed by atoms with Crippen LogP contribution in [0.1, 0.15) is 15.9 Å². The second-order valence-electron chi connectivity index (χ2n) is 6.29. The summed E-state index contributed by atoms with van der Waals surface area (Å²) in [6.45, 7) is 0. The number of hydrogen-bond donors (Lipinski definition) is 1. The van der Waals surface area contributed by atoms with E-state index in [1.54, 1.807) is 35.2 Å². The summed E-state index contributed by atoms with van der Waals surface area (Å²) >= 11 is 5.86. The lowest BCUT2D eigenvalue weighted by molar-refractivity contribution is 0.0955. The summed E-state index contributed by atoms with van der Waals surface area (Å²) in [6, 6.07) is 26.3. The third-order valence-electron chi connectivity index (χ3n) is 4.29. The monoisotopic (exact) mass is 400 g/mol. The van der Waals surface area contributed by atoms with Gasteiger partial charge in [-0.15, -0.1) is 0 Å². The molecule has 0 aliphatic carbocycles. The number of hydrazone groups is 1. The molecule has 0 radical (unpaired) electrons. The zero-order valence-corrected chi connectivity index (χ0v) is 16.1. The van der Waals surface area contributed by atoms with Gasteiger partial charge in [0.25, 0.3) is 5.91 Å². The van der Waals surface area contributed by atoms with Gasteiger partial charge < -0.3 is 0 Å². The molecule has 1 N–H and O–H groups in total. The van der Waals surface area contributed by atoms with E-state index in [2.05, 4.69) is 10.5 Å². The number of carbonyl (C=O) groups excluding carboxylic acids is 1. The van der Waals surface area contributed by atoms with Gasteiger partial charge in [0.15, 0.2) is 0 Å². The van der Waals surface area contributed by atoms with Crippen LogP contribution in [0.5, 0.6) is 0 Å². The van der Waals surface area contributed by atoms with Gasteiger partial charge in [-0.2, -0.15) is 10.2 Å². The van der Waals surface area contributed by atoms with E-state index in [-0.39, 0.29) is 5.91 Å². The van der Waals surface area contributed by atoms with Crippen LogP contribution >= 0.6 is 11.6 Å². The minimum absolute atomic E-state index is 0.311. The van der Waals surface area contributed by atoms with Crippen molar-refractivity contribution in [1.82, 2.24) is 15.2 Å². The van der Waals surface area contributed by atoms with Crippen molar-refractivity contribution in [3.63, 3.8) is 0 Å². The van der Waals surface area contributed by atoms with E-state index in [0.717, 1.165) is 22.5 Å². The quantitative estimate of drug-likeness (QED) is 0.380. The average molecular weight is 401 g/mol. The molecule has 6 heteroatoms. The summed E-state index contributed by atoms with van der Waals surface area (Å²) in [4.78, 5) is 12.2. The number of halogens is 1. The molecule has 29 heavy (non-hydrogen) atoms. The standard InChI is InChI=1S/C23H17ClN4O/c24-20-13-11-18(12-14-20)23(29)26-25-15-19-16-28(21-9-5-2-6-10-21)27-22(19)17-7-3-1-4-8-17/h1-16H,(H,26,29)/b25-15+. The summed E-state index contributed by atoms with van der Waals surface area (Å²) in [5.41, 5.74) is 6.50. The summed E-state index contributed by atoms with van der Waals surface area (Å²) < 4.78 is 1.80. The van der Waals surface area contributed by atoms with E-state index in [1.807, 2.05) is 66.9 Å². The van der Waals surface area contributed by atoms with Gasteiger partial charge in [0.1, 0.15) is 5.69 Å². The van der Waals surface area contributed by atoms with Gasteiger partial charge in [-0.3, -0.25) is 4.79 Å². The second-order valence-corrected chi connectivity index (χ2v) is 6.72. The fourth-order valence-corrected chi connectivity index (χ4v) is 2.97. The van der Waals surface area contributed by atoms with Gasteiger partial charge in [0, 0.05) is 27.9 Å². The predicted octanol–water partition coefficient (Wildman–Crippen LogP) is 4.96. The van der Waals surface area contributed by atoms with Crippen LogP contribution in [0.2, 0.25) is 5.02 Å². The number of nitrogens with one attached hydrogen (secondary N) is 1. The summed E-state index contributed by atoms with van der Waals surface area (Å²) in [5.74, 6) is -0.311. The molecular weight excluding hydrogens is 384 g/mol. The highest BCUT2D eigenvalue weighted by Gasteiger charge is 2.11. The Kier molecular flexibility index (Phi) is 5.49. The maximum absolute atomic E-state index is 12.2. The molecule has 1 amide bonds. The van der Waals surface area contributed by atoms with Crippen LogP contribution in [0.15, 0.2) is 96.2 Å². The van der Waals surface area contributed by atoms with E-state index >= 15 is 0 Å². The maximum Gasteiger partial charge on any atom is 0.271 e. The Morgan fingerprint density at radius 3 is 2.28 bits per heavy atom. The minimum atomic E-state index is -0.311. The molecule has 4 aromatic rings. The molecule has 0 atom stereocenters. The number of carbonyl (C=O) groups is 1. The zero-order chi connectivity index (χ0) is 20.1.